The van der Waals surface area contributed by atoms with Crippen LogP contribution in [0.15, 0.2) is 5.10 Å². The Hall–Kier alpha value is -0.250. The zero-order chi connectivity index (χ0) is 5.28. The molecule has 7 heavy (non-hydrogen) atoms. The van der Waals surface area contributed by atoms with Crippen molar-refractivity contribution in [3.8, 4) is 0 Å². The Labute approximate surface area is 49.9 Å². The topological polar surface area (TPSA) is 33.6 Å². The smallest absolute Gasteiger partial charge is 0.242 e. The first-order chi connectivity index (χ1) is 3.29. The number of hydrazone groups is 1. The quantitative estimate of drug-likeness (QED) is 0.421. The Morgan fingerprint density at radius 3 is 2.86 bits per heavy atom. The molecule has 0 aromatic carbocycles. The molecule has 0 spiro atoms. The predicted molar refractivity (Wildman–Crippen MR) is 30.0 cm³/mol. The van der Waals surface area contributed by atoms with Gasteiger partial charge in [0.05, 0.1) is 0 Å². The lowest BCUT2D eigenvalue weighted by Crippen LogP contribution is -2.11. The number of hydrogen-bond acceptors (Lipinski definition) is 3. The third kappa shape index (κ3) is 1.06. The third-order valence-electron chi connectivity index (χ3n) is 0.598. The molecule has 0 amide bonds. The Balaban J connectivity index is 2.42. The average molecular weight is 165 g/mol. The highest BCUT2D eigenvalue weighted by Crippen LogP contribution is 2.03. The number of nitrogens with one attached hydrogen (secondary N) is 1. The van der Waals surface area contributed by atoms with Crippen LogP contribution in [-0.4, -0.2) is 11.0 Å². The molecule has 1 unspecified atom stereocenters. The lowest BCUT2D eigenvalue weighted by atomic mass is 10.8. The SMILES string of the molecule is CC1=NNC(Br)O1. The average Bonchev–Trinajstić information content (AvgIpc) is 1.87. The number of rotatable bonds is 0. The molecule has 4 heteroatoms. The van der Waals surface area contributed by atoms with Gasteiger partial charge < -0.3 is 4.74 Å². The van der Waals surface area contributed by atoms with E-state index in [4.69, 9.17) is 4.74 Å². The first-order valence-electron chi connectivity index (χ1n) is 1.89. The van der Waals surface area contributed by atoms with Gasteiger partial charge in [0, 0.05) is 6.92 Å². The van der Waals surface area contributed by atoms with Crippen molar-refractivity contribution in [3.63, 3.8) is 0 Å². The minimum atomic E-state index is -0.118. The lowest BCUT2D eigenvalue weighted by Gasteiger charge is -1.96. The summed E-state index contributed by atoms with van der Waals surface area (Å²) in [6.07, 6.45) is 0. The second-order valence-corrected chi connectivity index (χ2v) is 2.03. The summed E-state index contributed by atoms with van der Waals surface area (Å²) < 4.78 is 4.92. The van der Waals surface area contributed by atoms with Crippen molar-refractivity contribution in [1.82, 2.24) is 5.43 Å². The number of halogens is 1. The molecule has 1 N–H and O–H groups in total. The van der Waals surface area contributed by atoms with Crippen LogP contribution in [0.1, 0.15) is 6.92 Å². The van der Waals surface area contributed by atoms with Gasteiger partial charge in [-0.3, -0.25) is 5.43 Å². The molecule has 40 valence electrons. The fourth-order valence-corrected chi connectivity index (χ4v) is 0.717. The predicted octanol–water partition coefficient (Wildman–Crippen LogP) is 0.618. The van der Waals surface area contributed by atoms with Gasteiger partial charge >= 0.3 is 0 Å². The standard InChI is InChI=1S/C3H5BrN2O/c1-2-5-6-3(4)7-2/h3,6H,1H3. The van der Waals surface area contributed by atoms with Crippen LogP contribution in [0, 0.1) is 0 Å². The van der Waals surface area contributed by atoms with E-state index in [-0.39, 0.29) is 5.14 Å². The summed E-state index contributed by atoms with van der Waals surface area (Å²) >= 11 is 3.13. The molecule has 0 aliphatic carbocycles. The zero-order valence-corrected chi connectivity index (χ0v) is 5.40. The van der Waals surface area contributed by atoms with Gasteiger partial charge in [-0.1, -0.05) is 0 Å². The maximum atomic E-state index is 4.92. The number of ether oxygens (including phenoxy) is 1. The van der Waals surface area contributed by atoms with Crippen molar-refractivity contribution >= 4 is 21.8 Å². The van der Waals surface area contributed by atoms with E-state index in [2.05, 4.69) is 26.5 Å². The van der Waals surface area contributed by atoms with Gasteiger partial charge in [0.1, 0.15) is 0 Å². The molecule has 0 saturated heterocycles. The van der Waals surface area contributed by atoms with Crippen molar-refractivity contribution in [2.75, 3.05) is 0 Å². The molecule has 0 bridgehead atoms. The molecular formula is C3H5BrN2O. The maximum Gasteiger partial charge on any atom is 0.242 e. The van der Waals surface area contributed by atoms with Crippen LogP contribution in [-0.2, 0) is 4.74 Å². The molecule has 1 atom stereocenters. The van der Waals surface area contributed by atoms with E-state index < -0.39 is 0 Å². The van der Waals surface area contributed by atoms with Crippen molar-refractivity contribution in [3.05, 3.63) is 0 Å². The van der Waals surface area contributed by atoms with Crippen LogP contribution in [0.2, 0.25) is 0 Å². The molecule has 0 aromatic rings. The van der Waals surface area contributed by atoms with Crippen molar-refractivity contribution < 1.29 is 4.74 Å². The molecule has 1 rings (SSSR count). The summed E-state index contributed by atoms with van der Waals surface area (Å²) in [4.78, 5) is 0. The number of nitrogens with zero attached hydrogens (tertiary/aromatic N) is 1. The van der Waals surface area contributed by atoms with Gasteiger partial charge in [-0.05, 0) is 15.9 Å². The molecule has 1 heterocycles. The van der Waals surface area contributed by atoms with E-state index in [0.717, 1.165) is 0 Å². The Morgan fingerprint density at radius 1 is 2.00 bits per heavy atom. The van der Waals surface area contributed by atoms with Crippen molar-refractivity contribution in [2.24, 2.45) is 5.10 Å². The maximum absolute atomic E-state index is 4.92. The van der Waals surface area contributed by atoms with Crippen molar-refractivity contribution in [1.29, 1.82) is 0 Å². The van der Waals surface area contributed by atoms with Gasteiger partial charge in [0.15, 0.2) is 0 Å². The molecule has 1 aliphatic rings. The van der Waals surface area contributed by atoms with Crippen LogP contribution in [0.3, 0.4) is 0 Å². The zero-order valence-electron chi connectivity index (χ0n) is 3.81. The first kappa shape index (κ1) is 4.90. The van der Waals surface area contributed by atoms with E-state index in [1.807, 2.05) is 0 Å². The van der Waals surface area contributed by atoms with E-state index >= 15 is 0 Å². The highest BCUT2D eigenvalue weighted by molar-refractivity contribution is 9.09. The van der Waals surface area contributed by atoms with Gasteiger partial charge in [-0.2, -0.15) is 0 Å². The molecular weight excluding hydrogens is 160 g/mol. The molecule has 0 saturated carbocycles. The van der Waals surface area contributed by atoms with E-state index in [9.17, 15) is 0 Å². The summed E-state index contributed by atoms with van der Waals surface area (Å²) in [6.45, 7) is 1.79. The monoisotopic (exact) mass is 164 g/mol. The van der Waals surface area contributed by atoms with Gasteiger partial charge in [-0.25, -0.2) is 0 Å². The summed E-state index contributed by atoms with van der Waals surface area (Å²) in [5.41, 5.74) is 2.65. The van der Waals surface area contributed by atoms with Gasteiger partial charge in [-0.15, -0.1) is 5.10 Å². The Morgan fingerprint density at radius 2 is 2.71 bits per heavy atom. The summed E-state index contributed by atoms with van der Waals surface area (Å²) in [5.74, 6) is 0.668. The fraction of sp³-hybridized carbons (Fsp3) is 0.667. The highest BCUT2D eigenvalue weighted by Gasteiger charge is 2.09. The second kappa shape index (κ2) is 1.69. The van der Waals surface area contributed by atoms with Crippen molar-refractivity contribution in [2.45, 2.75) is 12.1 Å². The van der Waals surface area contributed by atoms with E-state index in [1.165, 1.54) is 0 Å². The summed E-state index contributed by atoms with van der Waals surface area (Å²) in [5, 5.41) is 3.60. The van der Waals surface area contributed by atoms with Gasteiger partial charge in [0.25, 0.3) is 0 Å². The van der Waals surface area contributed by atoms with Crippen LogP contribution in [0.4, 0.5) is 0 Å². The Bertz CT molecular complexity index is 103. The second-order valence-electron chi connectivity index (χ2n) is 1.19. The van der Waals surface area contributed by atoms with Crippen LogP contribution in [0.5, 0.6) is 0 Å². The third-order valence-corrected chi connectivity index (χ3v) is 0.989. The molecule has 0 radical (unpaired) electrons. The van der Waals surface area contributed by atoms with E-state index in [1.54, 1.807) is 6.92 Å². The normalized spacial score (nSPS) is 28.3. The summed E-state index contributed by atoms with van der Waals surface area (Å²) in [7, 11) is 0. The molecule has 1 aliphatic heterocycles. The van der Waals surface area contributed by atoms with Crippen LogP contribution < -0.4 is 5.43 Å². The summed E-state index contributed by atoms with van der Waals surface area (Å²) in [6, 6.07) is 0. The first-order valence-corrected chi connectivity index (χ1v) is 2.81. The minimum absolute atomic E-state index is 0.118. The van der Waals surface area contributed by atoms with Gasteiger partial charge in [0.2, 0.25) is 11.0 Å². The molecule has 0 aromatic heterocycles. The number of alkyl halides is 1. The number of hydrogen-bond donors (Lipinski definition) is 1. The largest absolute Gasteiger partial charge is 0.445 e. The van der Waals surface area contributed by atoms with Crippen LogP contribution in [0.25, 0.3) is 0 Å². The minimum Gasteiger partial charge on any atom is -0.445 e. The Kier molecular flexibility index (Phi) is 1.19. The van der Waals surface area contributed by atoms with E-state index in [0.29, 0.717) is 5.90 Å². The lowest BCUT2D eigenvalue weighted by molar-refractivity contribution is 0.284. The highest BCUT2D eigenvalue weighted by atomic mass is 79.9. The fourth-order valence-electron chi connectivity index (χ4n) is 0.344. The molecule has 0 fully saturated rings. The van der Waals surface area contributed by atoms with Crippen LogP contribution >= 0.6 is 15.9 Å². The molecule has 3 nitrogen and oxygen atoms in total.